The van der Waals surface area contributed by atoms with E-state index in [2.05, 4.69) is 26.0 Å². The molecule has 5 rings (SSSR count). The molecule has 0 radical (unpaired) electrons. The maximum absolute atomic E-state index is 12.8. The summed E-state index contributed by atoms with van der Waals surface area (Å²) in [5.74, 6) is 1.67. The van der Waals surface area contributed by atoms with Crippen molar-refractivity contribution in [2.24, 2.45) is 0 Å². The fourth-order valence-corrected chi connectivity index (χ4v) is 4.60. The molecule has 0 saturated heterocycles. The van der Waals surface area contributed by atoms with Crippen LogP contribution in [-0.2, 0) is 0 Å². The minimum atomic E-state index is -0.242. The molecule has 148 valence electrons. The van der Waals surface area contributed by atoms with E-state index in [1.807, 2.05) is 36.4 Å². The van der Waals surface area contributed by atoms with Crippen molar-refractivity contribution in [2.75, 3.05) is 0 Å². The lowest BCUT2D eigenvalue weighted by Gasteiger charge is -1.99. The number of thiazole rings is 1. The number of halogens is 3. The van der Waals surface area contributed by atoms with Crippen LogP contribution >= 0.6 is 50.5 Å². The molecule has 3 heterocycles. The third-order valence-electron chi connectivity index (χ3n) is 4.40. The first-order valence-electron chi connectivity index (χ1n) is 8.71. The molecular weight excluding hydrogens is 509 g/mol. The van der Waals surface area contributed by atoms with Gasteiger partial charge in [-0.2, -0.15) is 9.50 Å². The molecule has 2 aromatic carbocycles. The van der Waals surface area contributed by atoms with Gasteiger partial charge in [0, 0.05) is 21.7 Å². The number of furan rings is 1. The van der Waals surface area contributed by atoms with Gasteiger partial charge in [0.1, 0.15) is 16.1 Å². The highest BCUT2D eigenvalue weighted by Gasteiger charge is 2.14. The van der Waals surface area contributed by atoms with Gasteiger partial charge < -0.3 is 4.42 Å². The Morgan fingerprint density at radius 3 is 2.67 bits per heavy atom. The standard InChI is InChI=1S/C21H10BrCl2N3O2S/c22-14-4-2-1-3-13(14)19-25-21-27(26-19)20(28)18(30-21)10-12-6-8-17(29-12)11-5-7-15(23)16(24)9-11/h1-10H. The fraction of sp³-hybridized carbons (Fsp3) is 0. The summed E-state index contributed by atoms with van der Waals surface area (Å²) in [6, 6.07) is 16.5. The van der Waals surface area contributed by atoms with E-state index in [0.29, 0.717) is 36.9 Å². The first kappa shape index (κ1) is 19.5. The van der Waals surface area contributed by atoms with Gasteiger partial charge in [-0.25, -0.2) is 0 Å². The quantitative estimate of drug-likeness (QED) is 0.307. The fourth-order valence-electron chi connectivity index (χ4n) is 2.95. The molecule has 0 fully saturated rings. The summed E-state index contributed by atoms with van der Waals surface area (Å²) in [5.41, 5.74) is 1.39. The van der Waals surface area contributed by atoms with Crippen LogP contribution in [-0.4, -0.2) is 14.6 Å². The van der Waals surface area contributed by atoms with Gasteiger partial charge in [-0.3, -0.25) is 4.79 Å². The molecule has 3 aromatic heterocycles. The van der Waals surface area contributed by atoms with Crippen LogP contribution in [0.1, 0.15) is 5.76 Å². The molecule has 0 N–H and O–H groups in total. The van der Waals surface area contributed by atoms with Crippen molar-refractivity contribution >= 4 is 61.5 Å². The molecule has 9 heteroatoms. The molecule has 0 aliphatic heterocycles. The Labute approximate surface area is 192 Å². The van der Waals surface area contributed by atoms with Gasteiger partial charge >= 0.3 is 0 Å². The van der Waals surface area contributed by atoms with E-state index in [9.17, 15) is 4.79 Å². The van der Waals surface area contributed by atoms with Gasteiger partial charge in [-0.05, 0) is 42.5 Å². The predicted octanol–water partition coefficient (Wildman–Crippen LogP) is 5.70. The number of fused-ring (bicyclic) bond motifs is 1. The summed E-state index contributed by atoms with van der Waals surface area (Å²) in [5, 5.41) is 5.30. The Balaban J connectivity index is 1.52. The number of benzene rings is 2. The molecule has 0 spiro atoms. The van der Waals surface area contributed by atoms with Crippen LogP contribution in [0.25, 0.3) is 33.7 Å². The molecule has 0 aliphatic carbocycles. The van der Waals surface area contributed by atoms with Gasteiger partial charge in [-0.15, -0.1) is 5.10 Å². The molecule has 5 nitrogen and oxygen atoms in total. The number of rotatable bonds is 3. The van der Waals surface area contributed by atoms with Crippen LogP contribution in [0.4, 0.5) is 0 Å². The Morgan fingerprint density at radius 2 is 1.90 bits per heavy atom. The number of aromatic nitrogens is 3. The summed E-state index contributed by atoms with van der Waals surface area (Å²) in [6.45, 7) is 0. The second-order valence-electron chi connectivity index (χ2n) is 6.36. The van der Waals surface area contributed by atoms with Crippen LogP contribution in [0, 0.1) is 0 Å². The van der Waals surface area contributed by atoms with Gasteiger partial charge in [-0.1, -0.05) is 62.6 Å². The van der Waals surface area contributed by atoms with E-state index in [1.165, 1.54) is 15.9 Å². The molecule has 0 atom stereocenters. The van der Waals surface area contributed by atoms with E-state index in [0.717, 1.165) is 15.6 Å². The average molecular weight is 519 g/mol. The van der Waals surface area contributed by atoms with Crippen molar-refractivity contribution in [3.63, 3.8) is 0 Å². The van der Waals surface area contributed by atoms with Crippen LogP contribution in [0.15, 0.2) is 68.3 Å². The van der Waals surface area contributed by atoms with Crippen LogP contribution in [0.3, 0.4) is 0 Å². The van der Waals surface area contributed by atoms with Gasteiger partial charge in [0.05, 0.1) is 10.0 Å². The summed E-state index contributed by atoms with van der Waals surface area (Å²) in [7, 11) is 0. The zero-order valence-corrected chi connectivity index (χ0v) is 18.9. The first-order valence-corrected chi connectivity index (χ1v) is 11.1. The highest BCUT2D eigenvalue weighted by Crippen LogP contribution is 2.30. The second kappa shape index (κ2) is 7.67. The largest absolute Gasteiger partial charge is 0.457 e. The predicted molar refractivity (Wildman–Crippen MR) is 123 cm³/mol. The third kappa shape index (κ3) is 3.48. The first-order chi connectivity index (χ1) is 14.5. The molecular formula is C21H10BrCl2N3O2S. The van der Waals surface area contributed by atoms with Gasteiger partial charge in [0.2, 0.25) is 4.96 Å². The van der Waals surface area contributed by atoms with Gasteiger partial charge in [0.15, 0.2) is 5.82 Å². The smallest absolute Gasteiger partial charge is 0.291 e. The molecule has 30 heavy (non-hydrogen) atoms. The van der Waals surface area contributed by atoms with E-state index < -0.39 is 0 Å². The minimum absolute atomic E-state index is 0.242. The number of hydrogen-bond acceptors (Lipinski definition) is 5. The van der Waals surface area contributed by atoms with E-state index >= 15 is 0 Å². The Kier molecular flexibility index (Phi) is 4.99. The zero-order chi connectivity index (χ0) is 20.8. The lowest BCUT2D eigenvalue weighted by atomic mass is 10.2. The number of nitrogens with zero attached hydrogens (tertiary/aromatic N) is 3. The van der Waals surface area contributed by atoms with E-state index in [1.54, 1.807) is 24.3 Å². The number of hydrogen-bond donors (Lipinski definition) is 0. The Morgan fingerprint density at radius 1 is 1.07 bits per heavy atom. The molecule has 0 aliphatic rings. The minimum Gasteiger partial charge on any atom is -0.457 e. The molecule has 0 bridgehead atoms. The third-order valence-corrected chi connectivity index (χ3v) is 6.79. The molecule has 5 aromatic rings. The second-order valence-corrected chi connectivity index (χ2v) is 9.03. The molecule has 0 amide bonds. The van der Waals surface area contributed by atoms with E-state index in [-0.39, 0.29) is 5.56 Å². The topological polar surface area (TPSA) is 60.4 Å². The van der Waals surface area contributed by atoms with Gasteiger partial charge in [0.25, 0.3) is 5.56 Å². The SMILES string of the molecule is O=c1c(=Cc2ccc(-c3ccc(Cl)c(Cl)c3)o2)sc2nc(-c3ccccc3Br)nn12. The monoisotopic (exact) mass is 517 g/mol. The molecule has 0 unspecified atom stereocenters. The Bertz CT molecular complexity index is 1520. The summed E-state index contributed by atoms with van der Waals surface area (Å²) < 4.78 is 8.53. The van der Waals surface area contributed by atoms with Crippen LogP contribution in [0.2, 0.25) is 10.0 Å². The van der Waals surface area contributed by atoms with Crippen molar-refractivity contribution in [3.8, 4) is 22.7 Å². The highest BCUT2D eigenvalue weighted by atomic mass is 79.9. The van der Waals surface area contributed by atoms with Crippen molar-refractivity contribution in [1.29, 1.82) is 0 Å². The molecule has 0 saturated carbocycles. The maximum atomic E-state index is 12.8. The summed E-state index contributed by atoms with van der Waals surface area (Å²) >= 11 is 16.8. The zero-order valence-electron chi connectivity index (χ0n) is 15.0. The maximum Gasteiger partial charge on any atom is 0.291 e. The average Bonchev–Trinajstić information content (AvgIpc) is 3.42. The van der Waals surface area contributed by atoms with Crippen molar-refractivity contribution in [1.82, 2.24) is 14.6 Å². The van der Waals surface area contributed by atoms with Crippen LogP contribution < -0.4 is 10.1 Å². The van der Waals surface area contributed by atoms with E-state index in [4.69, 9.17) is 27.6 Å². The normalized spacial score (nSPS) is 12.2. The van der Waals surface area contributed by atoms with Crippen molar-refractivity contribution < 1.29 is 4.42 Å². The van der Waals surface area contributed by atoms with Crippen molar-refractivity contribution in [2.45, 2.75) is 0 Å². The lowest BCUT2D eigenvalue weighted by Crippen LogP contribution is -2.23. The Hall–Kier alpha value is -2.45. The summed E-state index contributed by atoms with van der Waals surface area (Å²) in [6.07, 6.45) is 1.68. The highest BCUT2D eigenvalue weighted by molar-refractivity contribution is 9.10. The van der Waals surface area contributed by atoms with Crippen LogP contribution in [0.5, 0.6) is 0 Å². The summed E-state index contributed by atoms with van der Waals surface area (Å²) in [4.78, 5) is 17.8. The lowest BCUT2D eigenvalue weighted by molar-refractivity contribution is 0.571. The van der Waals surface area contributed by atoms with Crippen molar-refractivity contribution in [3.05, 3.63) is 89.8 Å².